The van der Waals surface area contributed by atoms with Gasteiger partial charge < -0.3 is 0 Å². The minimum atomic E-state index is 0.837. The van der Waals surface area contributed by atoms with Crippen LogP contribution in [0, 0.1) is 3.57 Å². The van der Waals surface area contributed by atoms with E-state index in [0.29, 0.717) is 0 Å². The van der Waals surface area contributed by atoms with E-state index in [4.69, 9.17) is 0 Å². The van der Waals surface area contributed by atoms with Crippen LogP contribution in [-0.2, 0) is 0 Å². The van der Waals surface area contributed by atoms with Crippen LogP contribution in [0.2, 0.25) is 0 Å². The number of aromatic amines is 1. The Hall–Kier alpha value is -0.170. The first-order valence-corrected chi connectivity index (χ1v) is 4.79. The highest BCUT2D eigenvalue weighted by Gasteiger charge is 2.02. The predicted octanol–water partition coefficient (Wildman–Crippen LogP) is 2.33. The van der Waals surface area contributed by atoms with Crippen LogP contribution in [0.25, 0.3) is 11.0 Å². The maximum Gasteiger partial charge on any atom is 0.127 e. The third kappa shape index (κ3) is 1.26. The molecular formula is C6H3BrIN3. The summed E-state index contributed by atoms with van der Waals surface area (Å²) in [6.07, 6.45) is 1.81. The fraction of sp³-hybridized carbons (Fsp3) is 0. The standard InChI is InChI=1S/C6H3BrIN3/c7-6-5-4(10-11-6)1-3(8)2-9-5/h1-2H,(H,10,11). The van der Waals surface area contributed by atoms with Crippen molar-refractivity contribution in [1.29, 1.82) is 0 Å². The minimum absolute atomic E-state index is 0.837. The highest BCUT2D eigenvalue weighted by molar-refractivity contribution is 14.1. The average Bonchev–Trinajstić information content (AvgIpc) is 2.32. The number of nitrogens with zero attached hydrogens (tertiary/aromatic N) is 2. The highest BCUT2D eigenvalue weighted by atomic mass is 127. The smallest absolute Gasteiger partial charge is 0.127 e. The van der Waals surface area contributed by atoms with Crippen molar-refractivity contribution in [3.63, 3.8) is 0 Å². The zero-order chi connectivity index (χ0) is 7.84. The Balaban J connectivity index is 2.86. The Kier molecular flexibility index (Phi) is 1.84. The van der Waals surface area contributed by atoms with Crippen LogP contribution in [0.4, 0.5) is 0 Å². The Morgan fingerprint density at radius 1 is 1.55 bits per heavy atom. The zero-order valence-electron chi connectivity index (χ0n) is 5.31. The summed E-state index contributed by atoms with van der Waals surface area (Å²) in [4.78, 5) is 4.19. The van der Waals surface area contributed by atoms with Gasteiger partial charge in [0.1, 0.15) is 15.6 Å². The van der Waals surface area contributed by atoms with Crippen LogP contribution in [0.3, 0.4) is 0 Å². The Bertz CT molecular complexity index is 398. The fourth-order valence-electron chi connectivity index (χ4n) is 0.845. The van der Waals surface area contributed by atoms with Crippen LogP contribution in [0.1, 0.15) is 0 Å². The van der Waals surface area contributed by atoms with Crippen molar-refractivity contribution >= 4 is 49.6 Å². The van der Waals surface area contributed by atoms with Crippen LogP contribution in [0.5, 0.6) is 0 Å². The van der Waals surface area contributed by atoms with Gasteiger partial charge in [-0.25, -0.2) is 0 Å². The van der Waals surface area contributed by atoms with Crippen molar-refractivity contribution < 1.29 is 0 Å². The normalized spacial score (nSPS) is 10.7. The Labute approximate surface area is 84.9 Å². The lowest BCUT2D eigenvalue weighted by Crippen LogP contribution is -1.76. The molecule has 1 N–H and O–H groups in total. The van der Waals surface area contributed by atoms with Crippen LogP contribution in [0.15, 0.2) is 16.9 Å². The molecule has 2 heterocycles. The third-order valence-corrected chi connectivity index (χ3v) is 2.46. The molecule has 0 spiro atoms. The first-order chi connectivity index (χ1) is 5.27. The molecule has 2 aromatic rings. The topological polar surface area (TPSA) is 41.6 Å². The minimum Gasteiger partial charge on any atom is -0.269 e. The quantitative estimate of drug-likeness (QED) is 0.756. The van der Waals surface area contributed by atoms with E-state index in [1.165, 1.54) is 0 Å². The summed E-state index contributed by atoms with van der Waals surface area (Å²) in [5.41, 5.74) is 1.77. The van der Waals surface area contributed by atoms with Gasteiger partial charge in [-0.2, -0.15) is 5.10 Å². The molecular weight excluding hydrogens is 321 g/mol. The zero-order valence-corrected chi connectivity index (χ0v) is 9.05. The molecule has 11 heavy (non-hydrogen) atoms. The van der Waals surface area contributed by atoms with Gasteiger partial charge in [0.2, 0.25) is 0 Å². The molecule has 0 radical (unpaired) electrons. The van der Waals surface area contributed by atoms with E-state index in [1.807, 2.05) is 12.3 Å². The molecule has 0 bridgehead atoms. The molecule has 0 aliphatic rings. The number of aromatic nitrogens is 3. The summed E-state index contributed by atoms with van der Waals surface area (Å²) in [6.45, 7) is 0. The largest absolute Gasteiger partial charge is 0.269 e. The molecule has 56 valence electrons. The van der Waals surface area contributed by atoms with Crippen molar-refractivity contribution in [1.82, 2.24) is 15.2 Å². The molecule has 0 saturated carbocycles. The van der Waals surface area contributed by atoms with E-state index in [-0.39, 0.29) is 0 Å². The van der Waals surface area contributed by atoms with Gasteiger partial charge in [0, 0.05) is 9.77 Å². The molecule has 0 atom stereocenters. The summed E-state index contributed by atoms with van der Waals surface area (Å²) in [5.74, 6) is 0. The summed E-state index contributed by atoms with van der Waals surface area (Å²) in [5, 5.41) is 6.84. The maximum atomic E-state index is 4.19. The summed E-state index contributed by atoms with van der Waals surface area (Å²) in [6, 6.07) is 1.98. The van der Waals surface area contributed by atoms with Crippen LogP contribution >= 0.6 is 38.5 Å². The molecule has 2 aromatic heterocycles. The van der Waals surface area contributed by atoms with Gasteiger partial charge in [-0.1, -0.05) is 0 Å². The number of fused-ring (bicyclic) bond motifs is 1. The van der Waals surface area contributed by atoms with E-state index < -0.39 is 0 Å². The second-order valence-electron chi connectivity index (χ2n) is 2.06. The van der Waals surface area contributed by atoms with Crippen LogP contribution < -0.4 is 0 Å². The Morgan fingerprint density at radius 2 is 2.36 bits per heavy atom. The number of H-pyrrole nitrogens is 1. The van der Waals surface area contributed by atoms with Crippen molar-refractivity contribution in [2.24, 2.45) is 0 Å². The second-order valence-corrected chi connectivity index (χ2v) is 4.10. The highest BCUT2D eigenvalue weighted by Crippen LogP contribution is 2.19. The first kappa shape index (κ1) is 7.48. The van der Waals surface area contributed by atoms with E-state index in [0.717, 1.165) is 19.2 Å². The van der Waals surface area contributed by atoms with Crippen molar-refractivity contribution in [2.75, 3.05) is 0 Å². The molecule has 0 aliphatic heterocycles. The summed E-state index contributed by atoms with van der Waals surface area (Å²) >= 11 is 5.51. The maximum absolute atomic E-state index is 4.19. The van der Waals surface area contributed by atoms with Gasteiger partial charge >= 0.3 is 0 Å². The molecule has 5 heteroatoms. The lowest BCUT2D eigenvalue weighted by atomic mass is 10.4. The van der Waals surface area contributed by atoms with Gasteiger partial charge in [0.05, 0.1) is 0 Å². The molecule has 0 fully saturated rings. The van der Waals surface area contributed by atoms with Gasteiger partial charge in [0.15, 0.2) is 0 Å². The van der Waals surface area contributed by atoms with E-state index >= 15 is 0 Å². The van der Waals surface area contributed by atoms with Crippen molar-refractivity contribution in [2.45, 2.75) is 0 Å². The predicted molar refractivity (Wildman–Crippen MR) is 54.3 cm³/mol. The molecule has 0 amide bonds. The number of rotatable bonds is 0. The van der Waals surface area contributed by atoms with E-state index in [9.17, 15) is 0 Å². The fourth-order valence-corrected chi connectivity index (χ4v) is 1.67. The van der Waals surface area contributed by atoms with Crippen LogP contribution in [-0.4, -0.2) is 15.2 Å². The van der Waals surface area contributed by atoms with E-state index in [2.05, 4.69) is 53.7 Å². The lowest BCUT2D eigenvalue weighted by molar-refractivity contribution is 1.09. The van der Waals surface area contributed by atoms with Gasteiger partial charge in [-0.3, -0.25) is 10.1 Å². The SMILES string of the molecule is Brc1[nH]nc2cc(I)cnc12. The number of halogens is 2. The third-order valence-electron chi connectivity index (χ3n) is 1.32. The first-order valence-electron chi connectivity index (χ1n) is 2.92. The number of pyridine rings is 1. The monoisotopic (exact) mass is 323 g/mol. The molecule has 0 aliphatic carbocycles. The molecule has 0 saturated heterocycles. The molecule has 0 unspecified atom stereocenters. The second kappa shape index (κ2) is 2.71. The number of nitrogens with one attached hydrogen (secondary N) is 1. The molecule has 3 nitrogen and oxygen atoms in total. The van der Waals surface area contributed by atoms with Gasteiger partial charge in [-0.15, -0.1) is 0 Å². The van der Waals surface area contributed by atoms with Gasteiger partial charge in [0.25, 0.3) is 0 Å². The molecule has 0 aromatic carbocycles. The molecule has 2 rings (SSSR count). The number of hydrogen-bond donors (Lipinski definition) is 1. The van der Waals surface area contributed by atoms with Crippen molar-refractivity contribution in [3.8, 4) is 0 Å². The summed E-state index contributed by atoms with van der Waals surface area (Å²) < 4.78 is 1.93. The lowest BCUT2D eigenvalue weighted by Gasteiger charge is -1.87. The van der Waals surface area contributed by atoms with Crippen molar-refractivity contribution in [3.05, 3.63) is 20.4 Å². The number of hydrogen-bond acceptors (Lipinski definition) is 2. The summed E-state index contributed by atoms with van der Waals surface area (Å²) in [7, 11) is 0. The Morgan fingerprint density at radius 3 is 3.18 bits per heavy atom. The van der Waals surface area contributed by atoms with E-state index in [1.54, 1.807) is 0 Å². The van der Waals surface area contributed by atoms with Gasteiger partial charge in [-0.05, 0) is 44.6 Å². The average molecular weight is 324 g/mol.